The number of rotatable bonds is 5. The van der Waals surface area contributed by atoms with E-state index in [-0.39, 0.29) is 17.9 Å². The molecule has 0 bridgehead atoms. The van der Waals surface area contributed by atoms with Gasteiger partial charge in [-0.05, 0) is 31.0 Å². The molecule has 6 nitrogen and oxygen atoms in total. The van der Waals surface area contributed by atoms with Crippen molar-refractivity contribution in [1.82, 2.24) is 15.1 Å². The number of hydrogen-bond acceptors (Lipinski definition) is 5. The number of likely N-dealkylation sites (tertiary alicyclic amines) is 1. The molecule has 1 aromatic carbocycles. The van der Waals surface area contributed by atoms with Crippen molar-refractivity contribution in [3.8, 4) is 5.75 Å². The topological polar surface area (TPSA) is 61.9 Å². The van der Waals surface area contributed by atoms with E-state index in [1.165, 1.54) is 11.8 Å². The molecule has 2 heterocycles. The number of piperidine rings is 1. The van der Waals surface area contributed by atoms with Crippen molar-refractivity contribution in [2.24, 2.45) is 0 Å². The maximum atomic E-state index is 12.6. The fourth-order valence-electron chi connectivity index (χ4n) is 3.37. The van der Waals surface area contributed by atoms with Gasteiger partial charge < -0.3 is 19.9 Å². The zero-order valence-corrected chi connectivity index (χ0v) is 15.4. The lowest BCUT2D eigenvalue weighted by atomic mass is 10.0. The van der Waals surface area contributed by atoms with Gasteiger partial charge >= 0.3 is 0 Å². The van der Waals surface area contributed by atoms with Crippen LogP contribution in [0, 0.1) is 0 Å². The van der Waals surface area contributed by atoms with E-state index in [1.807, 2.05) is 34.1 Å². The molecule has 0 aromatic heterocycles. The van der Waals surface area contributed by atoms with E-state index in [0.29, 0.717) is 18.8 Å². The molecule has 0 saturated carbocycles. The number of hydrogen-bond donors (Lipinski definition) is 1. The van der Waals surface area contributed by atoms with Crippen molar-refractivity contribution in [2.45, 2.75) is 23.8 Å². The largest absolute Gasteiger partial charge is 0.497 e. The van der Waals surface area contributed by atoms with E-state index in [2.05, 4.69) is 5.32 Å². The molecule has 2 amide bonds. The van der Waals surface area contributed by atoms with E-state index < -0.39 is 0 Å². The van der Waals surface area contributed by atoms with Crippen molar-refractivity contribution >= 4 is 23.6 Å². The minimum absolute atomic E-state index is 0.139. The molecule has 2 saturated heterocycles. The highest BCUT2D eigenvalue weighted by Gasteiger charge is 2.31. The van der Waals surface area contributed by atoms with Crippen LogP contribution in [0.1, 0.15) is 12.8 Å². The SMILES string of the molecule is COc1cccc(SCC(=O)N2CCCC(N3CCNCC3=O)C2)c1. The number of nitrogens with one attached hydrogen (secondary N) is 1. The summed E-state index contributed by atoms with van der Waals surface area (Å²) in [6, 6.07) is 7.91. The maximum Gasteiger partial charge on any atom is 0.236 e. The lowest BCUT2D eigenvalue weighted by Gasteiger charge is -2.41. The Hall–Kier alpha value is -1.73. The average Bonchev–Trinajstić information content (AvgIpc) is 2.66. The van der Waals surface area contributed by atoms with Crippen LogP contribution in [0.2, 0.25) is 0 Å². The Labute approximate surface area is 152 Å². The predicted octanol–water partition coefficient (Wildman–Crippen LogP) is 1.21. The lowest BCUT2D eigenvalue weighted by Crippen LogP contribution is -2.57. The number of thioether (sulfide) groups is 1. The molecule has 3 rings (SSSR count). The Kier molecular flexibility index (Phi) is 6.20. The second-order valence-corrected chi connectivity index (χ2v) is 7.42. The van der Waals surface area contributed by atoms with Gasteiger partial charge in [-0.25, -0.2) is 0 Å². The van der Waals surface area contributed by atoms with E-state index in [1.54, 1.807) is 7.11 Å². The number of ether oxygens (including phenoxy) is 1. The molecule has 0 aliphatic carbocycles. The van der Waals surface area contributed by atoms with Gasteiger partial charge in [0, 0.05) is 37.1 Å². The van der Waals surface area contributed by atoms with Crippen LogP contribution in [0.5, 0.6) is 5.75 Å². The summed E-state index contributed by atoms with van der Waals surface area (Å²) in [5, 5.41) is 3.10. The third-order valence-corrected chi connectivity index (χ3v) is 5.70. The minimum atomic E-state index is 0.139. The summed E-state index contributed by atoms with van der Waals surface area (Å²) >= 11 is 1.53. The number of nitrogens with zero attached hydrogens (tertiary/aromatic N) is 2. The minimum Gasteiger partial charge on any atom is -0.497 e. The first-order valence-electron chi connectivity index (χ1n) is 8.72. The highest BCUT2D eigenvalue weighted by molar-refractivity contribution is 8.00. The van der Waals surface area contributed by atoms with Gasteiger partial charge in [-0.1, -0.05) is 6.07 Å². The van der Waals surface area contributed by atoms with Crippen molar-refractivity contribution in [3.05, 3.63) is 24.3 Å². The molecule has 1 aromatic rings. The molecule has 1 unspecified atom stereocenters. The second kappa shape index (κ2) is 8.58. The summed E-state index contributed by atoms with van der Waals surface area (Å²) < 4.78 is 5.22. The van der Waals surface area contributed by atoms with Crippen LogP contribution in [0.3, 0.4) is 0 Å². The summed E-state index contributed by atoms with van der Waals surface area (Å²) in [7, 11) is 1.64. The Bertz CT molecular complexity index is 625. The van der Waals surface area contributed by atoms with E-state index in [9.17, 15) is 9.59 Å². The van der Waals surface area contributed by atoms with Crippen molar-refractivity contribution in [1.29, 1.82) is 0 Å². The number of piperazine rings is 1. The number of carbonyl (C=O) groups excluding carboxylic acids is 2. The maximum absolute atomic E-state index is 12.6. The Morgan fingerprint density at radius 2 is 2.28 bits per heavy atom. The standard InChI is InChI=1S/C18H25N3O3S/c1-24-15-5-2-6-16(10-15)25-13-18(23)20-8-3-4-14(12-20)21-9-7-19-11-17(21)22/h2,5-6,10,14,19H,3-4,7-9,11-13H2,1H3. The van der Waals surface area contributed by atoms with Gasteiger partial charge in [0.2, 0.25) is 11.8 Å². The highest BCUT2D eigenvalue weighted by atomic mass is 32.2. The average molecular weight is 363 g/mol. The Morgan fingerprint density at radius 3 is 3.08 bits per heavy atom. The van der Waals surface area contributed by atoms with Gasteiger partial charge in [-0.2, -0.15) is 0 Å². The van der Waals surface area contributed by atoms with Gasteiger partial charge in [0.1, 0.15) is 5.75 Å². The fourth-order valence-corrected chi connectivity index (χ4v) is 4.22. The summed E-state index contributed by atoms with van der Waals surface area (Å²) in [6.45, 7) is 3.43. The van der Waals surface area contributed by atoms with E-state index in [0.717, 1.165) is 43.1 Å². The van der Waals surface area contributed by atoms with E-state index >= 15 is 0 Å². The quantitative estimate of drug-likeness (QED) is 0.797. The molecule has 25 heavy (non-hydrogen) atoms. The highest BCUT2D eigenvalue weighted by Crippen LogP contribution is 2.24. The van der Waals surface area contributed by atoms with Crippen LogP contribution in [0.4, 0.5) is 0 Å². The summed E-state index contributed by atoms with van der Waals surface area (Å²) in [5.74, 6) is 1.50. The van der Waals surface area contributed by atoms with Gasteiger partial charge in [0.05, 0.1) is 19.4 Å². The number of methoxy groups -OCH3 is 1. The molecule has 0 radical (unpaired) electrons. The number of benzene rings is 1. The monoisotopic (exact) mass is 363 g/mol. The Morgan fingerprint density at radius 1 is 1.40 bits per heavy atom. The zero-order chi connectivity index (χ0) is 17.6. The summed E-state index contributed by atoms with van der Waals surface area (Å²) in [5.41, 5.74) is 0. The van der Waals surface area contributed by atoms with Crippen LogP contribution in [-0.4, -0.2) is 73.2 Å². The summed E-state index contributed by atoms with van der Waals surface area (Å²) in [4.78, 5) is 29.6. The predicted molar refractivity (Wildman–Crippen MR) is 97.9 cm³/mol. The molecule has 2 fully saturated rings. The normalized spacial score (nSPS) is 21.3. The lowest BCUT2D eigenvalue weighted by molar-refractivity contribution is -0.139. The van der Waals surface area contributed by atoms with Gasteiger partial charge in [-0.15, -0.1) is 11.8 Å². The van der Waals surface area contributed by atoms with Gasteiger partial charge in [0.25, 0.3) is 0 Å². The zero-order valence-electron chi connectivity index (χ0n) is 14.6. The van der Waals surface area contributed by atoms with Crippen LogP contribution in [0.25, 0.3) is 0 Å². The fraction of sp³-hybridized carbons (Fsp3) is 0.556. The molecule has 2 aliphatic rings. The first-order valence-corrected chi connectivity index (χ1v) is 9.71. The molecule has 2 aliphatic heterocycles. The molecule has 0 spiro atoms. The number of carbonyl (C=O) groups is 2. The van der Waals surface area contributed by atoms with Crippen molar-refractivity contribution in [3.63, 3.8) is 0 Å². The first-order chi connectivity index (χ1) is 12.2. The smallest absolute Gasteiger partial charge is 0.236 e. The van der Waals surface area contributed by atoms with Crippen molar-refractivity contribution < 1.29 is 14.3 Å². The van der Waals surface area contributed by atoms with Crippen molar-refractivity contribution in [2.75, 3.05) is 45.6 Å². The van der Waals surface area contributed by atoms with E-state index in [4.69, 9.17) is 4.74 Å². The van der Waals surface area contributed by atoms with Crippen LogP contribution < -0.4 is 10.1 Å². The molecule has 7 heteroatoms. The third kappa shape index (κ3) is 4.67. The second-order valence-electron chi connectivity index (χ2n) is 6.37. The van der Waals surface area contributed by atoms with Crippen LogP contribution in [0.15, 0.2) is 29.2 Å². The number of amides is 2. The molecular weight excluding hydrogens is 338 g/mol. The molecule has 1 atom stereocenters. The summed E-state index contributed by atoms with van der Waals surface area (Å²) in [6.07, 6.45) is 1.94. The molecule has 136 valence electrons. The first kappa shape index (κ1) is 18.1. The van der Waals surface area contributed by atoms with Crippen LogP contribution in [-0.2, 0) is 9.59 Å². The third-order valence-electron chi connectivity index (χ3n) is 4.72. The van der Waals surface area contributed by atoms with Crippen LogP contribution >= 0.6 is 11.8 Å². The van der Waals surface area contributed by atoms with Gasteiger partial charge in [-0.3, -0.25) is 9.59 Å². The van der Waals surface area contributed by atoms with Gasteiger partial charge in [0.15, 0.2) is 0 Å². The Balaban J connectivity index is 1.53. The molecular formula is C18H25N3O3S. The molecule has 1 N–H and O–H groups in total.